The fraction of sp³-hybridized carbons (Fsp3) is 0.250. The lowest BCUT2D eigenvalue weighted by Gasteiger charge is -2.36. The lowest BCUT2D eigenvalue weighted by molar-refractivity contribution is 0.249. The van der Waals surface area contributed by atoms with Crippen LogP contribution in [-0.2, 0) is 6.54 Å². The van der Waals surface area contributed by atoms with E-state index in [1.54, 1.807) is 18.2 Å². The number of aromatic nitrogens is 2. The van der Waals surface area contributed by atoms with Crippen molar-refractivity contribution < 1.29 is 8.78 Å². The van der Waals surface area contributed by atoms with Crippen LogP contribution in [-0.4, -0.2) is 41.3 Å². The fourth-order valence-electron chi connectivity index (χ4n) is 3.39. The molecule has 3 aromatic rings. The van der Waals surface area contributed by atoms with Crippen molar-refractivity contribution in [2.24, 2.45) is 0 Å². The van der Waals surface area contributed by atoms with E-state index in [1.165, 1.54) is 18.2 Å². The Hall–Kier alpha value is -2.73. The maximum Gasteiger partial charge on any atom is 0.146 e. The highest BCUT2D eigenvalue weighted by molar-refractivity contribution is 5.62. The second-order valence-electron chi connectivity index (χ2n) is 6.48. The number of aromatic amines is 1. The largest absolute Gasteiger partial charge is 0.367 e. The minimum atomic E-state index is -0.255. The molecule has 1 aliphatic rings. The predicted octanol–water partition coefficient (Wildman–Crippen LogP) is 3.68. The summed E-state index contributed by atoms with van der Waals surface area (Å²) in [4.78, 5) is 4.41. The van der Waals surface area contributed by atoms with E-state index in [1.807, 2.05) is 18.3 Å². The van der Waals surface area contributed by atoms with Gasteiger partial charge in [0, 0.05) is 50.0 Å². The van der Waals surface area contributed by atoms with Gasteiger partial charge in [-0.1, -0.05) is 12.1 Å². The van der Waals surface area contributed by atoms with E-state index in [-0.39, 0.29) is 11.6 Å². The van der Waals surface area contributed by atoms with E-state index in [0.29, 0.717) is 5.69 Å². The molecule has 26 heavy (non-hydrogen) atoms. The van der Waals surface area contributed by atoms with Gasteiger partial charge in [-0.05, 0) is 36.4 Å². The first kappa shape index (κ1) is 16.7. The molecule has 0 aliphatic carbocycles. The zero-order valence-corrected chi connectivity index (χ0v) is 14.3. The molecule has 0 radical (unpaired) electrons. The highest BCUT2D eigenvalue weighted by Crippen LogP contribution is 2.24. The number of para-hydroxylation sites is 1. The van der Waals surface area contributed by atoms with Gasteiger partial charge in [-0.3, -0.25) is 10.00 Å². The van der Waals surface area contributed by atoms with Crippen molar-refractivity contribution in [3.8, 4) is 11.3 Å². The number of hydrogen-bond acceptors (Lipinski definition) is 3. The number of piperazine rings is 1. The maximum absolute atomic E-state index is 14.0. The Morgan fingerprint density at radius 3 is 2.38 bits per heavy atom. The van der Waals surface area contributed by atoms with Gasteiger partial charge in [-0.25, -0.2) is 8.78 Å². The van der Waals surface area contributed by atoms with Crippen molar-refractivity contribution in [2.75, 3.05) is 31.1 Å². The smallest absolute Gasteiger partial charge is 0.146 e. The molecular weight excluding hydrogens is 334 g/mol. The van der Waals surface area contributed by atoms with E-state index in [4.69, 9.17) is 0 Å². The van der Waals surface area contributed by atoms with Gasteiger partial charge < -0.3 is 4.90 Å². The summed E-state index contributed by atoms with van der Waals surface area (Å²) in [6.45, 7) is 4.02. The van der Waals surface area contributed by atoms with Gasteiger partial charge in [0.2, 0.25) is 0 Å². The Morgan fingerprint density at radius 1 is 0.923 bits per heavy atom. The van der Waals surface area contributed by atoms with Gasteiger partial charge in [0.15, 0.2) is 0 Å². The lowest BCUT2D eigenvalue weighted by Crippen LogP contribution is -2.46. The Labute approximate surface area is 151 Å². The summed E-state index contributed by atoms with van der Waals surface area (Å²) in [7, 11) is 0. The van der Waals surface area contributed by atoms with Gasteiger partial charge >= 0.3 is 0 Å². The number of H-pyrrole nitrogens is 1. The van der Waals surface area contributed by atoms with Crippen LogP contribution in [0.4, 0.5) is 14.5 Å². The Balaban J connectivity index is 1.42. The number of nitrogens with zero attached hydrogens (tertiary/aromatic N) is 3. The van der Waals surface area contributed by atoms with Crippen LogP contribution in [0.1, 0.15) is 5.56 Å². The van der Waals surface area contributed by atoms with Crippen LogP contribution in [0.15, 0.2) is 54.7 Å². The molecule has 0 amide bonds. The standard InChI is InChI=1S/C20H20F2N4/c21-17-7-5-15(6-8-17)20-16(13-23-24-20)14-25-9-11-26(12-10-25)19-4-2-1-3-18(19)22/h1-8,13H,9-12,14H2,(H,23,24). The molecule has 4 rings (SSSR count). The molecular formula is C20H20F2N4. The van der Waals surface area contributed by atoms with Crippen molar-refractivity contribution >= 4 is 5.69 Å². The molecule has 4 nitrogen and oxygen atoms in total. The molecule has 0 saturated carbocycles. The van der Waals surface area contributed by atoms with Crippen LogP contribution in [0.3, 0.4) is 0 Å². The van der Waals surface area contributed by atoms with Crippen molar-refractivity contribution in [1.82, 2.24) is 15.1 Å². The van der Waals surface area contributed by atoms with E-state index >= 15 is 0 Å². The fourth-order valence-corrected chi connectivity index (χ4v) is 3.39. The van der Waals surface area contributed by atoms with Crippen LogP contribution < -0.4 is 4.90 Å². The topological polar surface area (TPSA) is 35.2 Å². The number of rotatable bonds is 4. The summed E-state index contributed by atoms with van der Waals surface area (Å²) < 4.78 is 27.1. The van der Waals surface area contributed by atoms with Crippen molar-refractivity contribution in [3.05, 3.63) is 71.9 Å². The van der Waals surface area contributed by atoms with Crippen molar-refractivity contribution in [3.63, 3.8) is 0 Å². The molecule has 0 unspecified atom stereocenters. The number of nitrogens with one attached hydrogen (secondary N) is 1. The van der Waals surface area contributed by atoms with Gasteiger partial charge in [0.05, 0.1) is 11.4 Å². The summed E-state index contributed by atoms with van der Waals surface area (Å²) in [6, 6.07) is 13.3. The van der Waals surface area contributed by atoms with Crippen LogP contribution in [0.5, 0.6) is 0 Å². The highest BCUT2D eigenvalue weighted by Gasteiger charge is 2.20. The number of anilines is 1. The van der Waals surface area contributed by atoms with Crippen molar-refractivity contribution in [2.45, 2.75) is 6.54 Å². The first-order valence-corrected chi connectivity index (χ1v) is 8.71. The molecule has 1 aromatic heterocycles. The molecule has 6 heteroatoms. The first-order chi connectivity index (χ1) is 12.7. The van der Waals surface area contributed by atoms with Crippen LogP contribution >= 0.6 is 0 Å². The zero-order chi connectivity index (χ0) is 17.9. The number of hydrogen-bond donors (Lipinski definition) is 1. The van der Waals surface area contributed by atoms with E-state index in [0.717, 1.165) is 49.5 Å². The Kier molecular flexibility index (Phi) is 4.67. The molecule has 1 fully saturated rings. The summed E-state index contributed by atoms with van der Waals surface area (Å²) in [5.41, 5.74) is 3.49. The molecule has 2 heterocycles. The third-order valence-electron chi connectivity index (χ3n) is 4.80. The van der Waals surface area contributed by atoms with E-state index in [9.17, 15) is 8.78 Å². The third kappa shape index (κ3) is 3.46. The van der Waals surface area contributed by atoms with Crippen LogP contribution in [0, 0.1) is 11.6 Å². The first-order valence-electron chi connectivity index (χ1n) is 8.71. The quantitative estimate of drug-likeness (QED) is 0.776. The summed E-state index contributed by atoms with van der Waals surface area (Å²) >= 11 is 0. The SMILES string of the molecule is Fc1ccc(-c2n[nH]cc2CN2CCN(c3ccccc3F)CC2)cc1. The summed E-state index contributed by atoms with van der Waals surface area (Å²) in [5.74, 6) is -0.426. The van der Waals surface area contributed by atoms with Gasteiger partial charge in [0.1, 0.15) is 11.6 Å². The summed E-state index contributed by atoms with van der Waals surface area (Å²) in [5, 5.41) is 7.23. The molecule has 0 spiro atoms. The minimum Gasteiger partial charge on any atom is -0.367 e. The average Bonchev–Trinajstić information content (AvgIpc) is 3.12. The Bertz CT molecular complexity index is 868. The second kappa shape index (κ2) is 7.25. The van der Waals surface area contributed by atoms with Gasteiger partial charge in [-0.2, -0.15) is 5.10 Å². The molecule has 1 N–H and O–H groups in total. The number of halogens is 2. The van der Waals surface area contributed by atoms with E-state index < -0.39 is 0 Å². The van der Waals surface area contributed by atoms with Gasteiger partial charge in [-0.15, -0.1) is 0 Å². The Morgan fingerprint density at radius 2 is 1.65 bits per heavy atom. The van der Waals surface area contributed by atoms with E-state index in [2.05, 4.69) is 20.0 Å². The number of benzene rings is 2. The van der Waals surface area contributed by atoms with Crippen LogP contribution in [0.25, 0.3) is 11.3 Å². The molecule has 1 saturated heterocycles. The zero-order valence-electron chi connectivity index (χ0n) is 14.3. The molecule has 1 aliphatic heterocycles. The van der Waals surface area contributed by atoms with Gasteiger partial charge in [0.25, 0.3) is 0 Å². The van der Waals surface area contributed by atoms with Crippen molar-refractivity contribution in [1.29, 1.82) is 0 Å². The van der Waals surface area contributed by atoms with Crippen LogP contribution in [0.2, 0.25) is 0 Å². The second-order valence-corrected chi connectivity index (χ2v) is 6.48. The normalized spacial score (nSPS) is 15.4. The predicted molar refractivity (Wildman–Crippen MR) is 97.9 cm³/mol. The molecule has 0 atom stereocenters. The molecule has 0 bridgehead atoms. The lowest BCUT2D eigenvalue weighted by atomic mass is 10.1. The minimum absolute atomic E-state index is 0.172. The molecule has 2 aromatic carbocycles. The monoisotopic (exact) mass is 354 g/mol. The maximum atomic E-state index is 14.0. The molecule has 134 valence electrons. The highest BCUT2D eigenvalue weighted by atomic mass is 19.1. The third-order valence-corrected chi connectivity index (χ3v) is 4.80. The average molecular weight is 354 g/mol. The summed E-state index contributed by atoms with van der Waals surface area (Å²) in [6.07, 6.45) is 1.89.